The van der Waals surface area contributed by atoms with Crippen LogP contribution in [0.3, 0.4) is 0 Å². The van der Waals surface area contributed by atoms with Crippen molar-refractivity contribution in [3.05, 3.63) is 60.4 Å². The molecule has 1 saturated heterocycles. The molecule has 1 aliphatic rings. The maximum atomic E-state index is 13.3. The summed E-state index contributed by atoms with van der Waals surface area (Å²) in [6, 6.07) is 13.8. The molecule has 4 rings (SSSR count). The molecule has 2 heterocycles. The van der Waals surface area contributed by atoms with Crippen LogP contribution in [0.15, 0.2) is 68.9 Å². The van der Waals surface area contributed by atoms with Gasteiger partial charge in [-0.3, -0.25) is 0 Å². The molecule has 0 N–H and O–H groups in total. The van der Waals surface area contributed by atoms with Crippen LogP contribution in [0.5, 0.6) is 0 Å². The maximum Gasteiger partial charge on any atom is 0.236 e. The van der Waals surface area contributed by atoms with E-state index in [1.807, 2.05) is 4.90 Å². The first-order valence-corrected chi connectivity index (χ1v) is 11.0. The zero-order valence-electron chi connectivity index (χ0n) is 16.1. The third kappa shape index (κ3) is 3.90. The fraction of sp³-hybridized carbons (Fsp3) is 0.286. The van der Waals surface area contributed by atoms with Crippen LogP contribution in [-0.4, -0.2) is 51.0 Å². The Labute approximate surface area is 169 Å². The first kappa shape index (κ1) is 19.6. The molecule has 0 saturated carbocycles. The van der Waals surface area contributed by atoms with Gasteiger partial charge in [0.15, 0.2) is 0 Å². The van der Waals surface area contributed by atoms with Gasteiger partial charge in [-0.25, -0.2) is 12.8 Å². The summed E-state index contributed by atoms with van der Waals surface area (Å²) in [6.07, 6.45) is 0. The Balaban J connectivity index is 1.79. The van der Waals surface area contributed by atoms with Crippen molar-refractivity contribution < 1.29 is 17.2 Å². The molecule has 6 nitrogen and oxygen atoms in total. The molecule has 8 heteroatoms. The smallest absolute Gasteiger partial charge is 0.236 e. The monoisotopic (exact) mass is 415 g/mol. The molecule has 0 unspecified atom stereocenters. The second-order valence-corrected chi connectivity index (χ2v) is 8.74. The van der Waals surface area contributed by atoms with Gasteiger partial charge in [0.25, 0.3) is 0 Å². The summed E-state index contributed by atoms with van der Waals surface area (Å²) in [5.41, 5.74) is 0.523. The minimum absolute atomic E-state index is 0.104. The van der Waals surface area contributed by atoms with Crippen LogP contribution in [0.1, 0.15) is 6.92 Å². The molecule has 152 valence electrons. The van der Waals surface area contributed by atoms with Gasteiger partial charge in [0.1, 0.15) is 5.82 Å². The zero-order chi connectivity index (χ0) is 20.4. The van der Waals surface area contributed by atoms with Gasteiger partial charge in [0, 0.05) is 31.7 Å². The van der Waals surface area contributed by atoms with E-state index in [0.29, 0.717) is 18.7 Å². The highest BCUT2D eigenvalue weighted by molar-refractivity contribution is 7.91. The lowest BCUT2D eigenvalue weighted by Crippen LogP contribution is -2.46. The summed E-state index contributed by atoms with van der Waals surface area (Å²) in [7, 11) is -3.87. The van der Waals surface area contributed by atoms with Crippen molar-refractivity contribution in [1.29, 1.82) is 0 Å². The Morgan fingerprint density at radius 2 is 1.66 bits per heavy atom. The number of hydrogen-bond donors (Lipinski definition) is 0. The van der Waals surface area contributed by atoms with Gasteiger partial charge in [-0.2, -0.15) is 4.98 Å². The Bertz CT molecular complexity index is 1070. The molecule has 0 bridgehead atoms. The van der Waals surface area contributed by atoms with Crippen molar-refractivity contribution in [3.63, 3.8) is 0 Å². The van der Waals surface area contributed by atoms with Gasteiger partial charge in [0.2, 0.25) is 26.6 Å². The second kappa shape index (κ2) is 7.96. The fourth-order valence-corrected chi connectivity index (χ4v) is 4.71. The van der Waals surface area contributed by atoms with E-state index >= 15 is 0 Å². The number of hydrogen-bond acceptors (Lipinski definition) is 6. The van der Waals surface area contributed by atoms with E-state index in [0.717, 1.165) is 19.6 Å². The molecule has 1 aliphatic heterocycles. The Hall–Kier alpha value is -2.71. The highest BCUT2D eigenvalue weighted by atomic mass is 32.2. The minimum Gasteiger partial charge on any atom is -0.419 e. The van der Waals surface area contributed by atoms with Crippen LogP contribution in [0.25, 0.3) is 11.5 Å². The SMILES string of the molecule is CCN1CCN(c2oc(-c3ccc(F)cc3)nc2S(=O)(=O)c2ccccc2)CC1. The van der Waals surface area contributed by atoms with Crippen LogP contribution in [-0.2, 0) is 9.84 Å². The number of anilines is 1. The Morgan fingerprint density at radius 3 is 2.28 bits per heavy atom. The average Bonchev–Trinajstić information content (AvgIpc) is 3.21. The summed E-state index contributed by atoms with van der Waals surface area (Å²) in [4.78, 5) is 8.71. The van der Waals surface area contributed by atoms with Crippen molar-refractivity contribution in [3.8, 4) is 11.5 Å². The summed E-state index contributed by atoms with van der Waals surface area (Å²) in [6.45, 7) is 5.95. The molecule has 2 aromatic carbocycles. The van der Waals surface area contributed by atoms with E-state index in [2.05, 4.69) is 16.8 Å². The molecule has 0 aliphatic carbocycles. The van der Waals surface area contributed by atoms with Crippen LogP contribution in [0.4, 0.5) is 10.3 Å². The summed E-state index contributed by atoms with van der Waals surface area (Å²) >= 11 is 0. The highest BCUT2D eigenvalue weighted by Crippen LogP contribution is 2.35. The standard InChI is InChI=1S/C21H22FN3O3S/c1-2-24-12-14-25(15-13-24)21-20(29(26,27)18-6-4-3-5-7-18)23-19(28-21)16-8-10-17(22)11-9-16/h3-11H,2,12-15H2,1H3. The fourth-order valence-electron chi connectivity index (χ4n) is 3.37. The lowest BCUT2D eigenvalue weighted by molar-refractivity contribution is 0.266. The molecule has 0 atom stereocenters. The first-order valence-electron chi connectivity index (χ1n) is 9.53. The summed E-state index contributed by atoms with van der Waals surface area (Å²) in [5, 5.41) is -0.104. The number of piperazine rings is 1. The lowest BCUT2D eigenvalue weighted by Gasteiger charge is -2.33. The highest BCUT2D eigenvalue weighted by Gasteiger charge is 2.32. The number of aromatic nitrogens is 1. The van der Waals surface area contributed by atoms with Crippen molar-refractivity contribution in [2.24, 2.45) is 0 Å². The predicted octanol–water partition coefficient (Wildman–Crippen LogP) is 3.46. The van der Waals surface area contributed by atoms with Crippen molar-refractivity contribution >= 4 is 15.7 Å². The van der Waals surface area contributed by atoms with Crippen LogP contribution < -0.4 is 4.90 Å². The Kier molecular flexibility index (Phi) is 5.38. The first-order chi connectivity index (χ1) is 14.0. The predicted molar refractivity (Wildman–Crippen MR) is 108 cm³/mol. The number of benzene rings is 2. The molecule has 1 aromatic heterocycles. The molecular weight excluding hydrogens is 393 g/mol. The maximum absolute atomic E-state index is 13.3. The number of rotatable bonds is 5. The van der Waals surface area contributed by atoms with Gasteiger partial charge < -0.3 is 14.2 Å². The molecule has 3 aromatic rings. The van der Waals surface area contributed by atoms with E-state index in [1.54, 1.807) is 30.3 Å². The van der Waals surface area contributed by atoms with Gasteiger partial charge in [-0.1, -0.05) is 25.1 Å². The number of likely N-dealkylation sites (N-methyl/N-ethyl adjacent to an activating group) is 1. The third-order valence-electron chi connectivity index (χ3n) is 5.09. The van der Waals surface area contributed by atoms with Crippen molar-refractivity contribution in [1.82, 2.24) is 9.88 Å². The minimum atomic E-state index is -3.87. The van der Waals surface area contributed by atoms with E-state index < -0.39 is 9.84 Å². The van der Waals surface area contributed by atoms with Crippen LogP contribution in [0.2, 0.25) is 0 Å². The van der Waals surface area contributed by atoms with E-state index in [4.69, 9.17) is 4.42 Å². The van der Waals surface area contributed by atoms with Crippen LogP contribution in [0, 0.1) is 5.82 Å². The molecule has 1 fully saturated rings. The number of nitrogens with zero attached hydrogens (tertiary/aromatic N) is 3. The molecule has 0 spiro atoms. The van der Waals surface area contributed by atoms with E-state index in [1.165, 1.54) is 24.3 Å². The number of sulfone groups is 1. The second-order valence-electron chi connectivity index (χ2n) is 6.87. The molecular formula is C21H22FN3O3S. The van der Waals surface area contributed by atoms with Crippen molar-refractivity contribution in [2.75, 3.05) is 37.6 Å². The largest absolute Gasteiger partial charge is 0.419 e. The number of oxazole rings is 1. The molecule has 0 radical (unpaired) electrons. The Morgan fingerprint density at radius 1 is 1.00 bits per heavy atom. The normalized spacial score (nSPS) is 15.6. The lowest BCUT2D eigenvalue weighted by atomic mass is 10.2. The molecule has 29 heavy (non-hydrogen) atoms. The molecule has 0 amide bonds. The topological polar surface area (TPSA) is 66.7 Å². The van der Waals surface area contributed by atoms with E-state index in [9.17, 15) is 12.8 Å². The van der Waals surface area contributed by atoms with Crippen molar-refractivity contribution in [2.45, 2.75) is 16.8 Å². The van der Waals surface area contributed by atoms with Gasteiger partial charge in [-0.15, -0.1) is 0 Å². The van der Waals surface area contributed by atoms with Gasteiger partial charge >= 0.3 is 0 Å². The summed E-state index contributed by atoms with van der Waals surface area (Å²) < 4.78 is 45.8. The van der Waals surface area contributed by atoms with Crippen LogP contribution >= 0.6 is 0 Å². The zero-order valence-corrected chi connectivity index (χ0v) is 16.9. The summed E-state index contributed by atoms with van der Waals surface area (Å²) in [5.74, 6) is 0.0182. The quantitative estimate of drug-likeness (QED) is 0.636. The van der Waals surface area contributed by atoms with Gasteiger partial charge in [-0.05, 0) is 42.9 Å². The van der Waals surface area contributed by atoms with E-state index in [-0.39, 0.29) is 27.5 Å². The third-order valence-corrected chi connectivity index (χ3v) is 6.75. The number of halogens is 1. The average molecular weight is 415 g/mol. The van der Waals surface area contributed by atoms with Gasteiger partial charge in [0.05, 0.1) is 4.90 Å².